The summed E-state index contributed by atoms with van der Waals surface area (Å²) < 4.78 is 44.0. The highest BCUT2D eigenvalue weighted by Gasteiger charge is 2.34. The second-order valence-electron chi connectivity index (χ2n) is 3.95. The van der Waals surface area contributed by atoms with Gasteiger partial charge in [0.15, 0.2) is 6.29 Å². The van der Waals surface area contributed by atoms with Crippen molar-refractivity contribution in [3.8, 4) is 17.0 Å². The van der Waals surface area contributed by atoms with Crippen LogP contribution in [0.15, 0.2) is 36.4 Å². The molecule has 6 heteroatoms. The number of aromatic nitrogens is 1. The van der Waals surface area contributed by atoms with Gasteiger partial charge >= 0.3 is 6.18 Å². The van der Waals surface area contributed by atoms with Crippen molar-refractivity contribution in [2.75, 3.05) is 7.11 Å². The van der Waals surface area contributed by atoms with E-state index in [0.29, 0.717) is 6.29 Å². The first-order valence-electron chi connectivity index (χ1n) is 5.64. The van der Waals surface area contributed by atoms with Crippen LogP contribution in [0.3, 0.4) is 0 Å². The first kappa shape index (κ1) is 14.0. The summed E-state index contributed by atoms with van der Waals surface area (Å²) in [5.41, 5.74) is -0.540. The van der Waals surface area contributed by atoms with Crippen LogP contribution in [0.5, 0.6) is 5.88 Å². The number of alkyl halides is 3. The van der Waals surface area contributed by atoms with Gasteiger partial charge in [-0.1, -0.05) is 18.2 Å². The number of methoxy groups -OCH3 is 1. The van der Waals surface area contributed by atoms with Crippen LogP contribution < -0.4 is 4.74 Å². The highest BCUT2D eigenvalue weighted by Crippen LogP contribution is 2.39. The van der Waals surface area contributed by atoms with Gasteiger partial charge in [0.2, 0.25) is 5.88 Å². The molecule has 0 aliphatic carbocycles. The number of ether oxygens (including phenoxy) is 1. The number of carbonyl (C=O) groups excluding carboxylic acids is 1. The molecule has 0 aliphatic heterocycles. The Balaban J connectivity index is 2.66. The number of aldehydes is 1. The molecule has 1 aromatic heterocycles. The third-order valence-electron chi connectivity index (χ3n) is 2.72. The minimum absolute atomic E-state index is 0.0219. The van der Waals surface area contributed by atoms with Crippen LogP contribution in [-0.2, 0) is 6.18 Å². The van der Waals surface area contributed by atoms with E-state index in [1.807, 2.05) is 0 Å². The first-order chi connectivity index (χ1) is 9.47. The minimum atomic E-state index is -4.48. The summed E-state index contributed by atoms with van der Waals surface area (Å²) in [6.45, 7) is 0. The van der Waals surface area contributed by atoms with Gasteiger partial charge in [0.05, 0.1) is 12.7 Å². The number of benzene rings is 1. The van der Waals surface area contributed by atoms with Gasteiger partial charge in [-0.15, -0.1) is 0 Å². The Morgan fingerprint density at radius 1 is 1.10 bits per heavy atom. The quantitative estimate of drug-likeness (QED) is 0.807. The van der Waals surface area contributed by atoms with Crippen LogP contribution in [0.25, 0.3) is 11.1 Å². The molecule has 0 unspecified atom stereocenters. The summed E-state index contributed by atoms with van der Waals surface area (Å²) >= 11 is 0. The van der Waals surface area contributed by atoms with Gasteiger partial charge in [0.25, 0.3) is 0 Å². The van der Waals surface area contributed by atoms with E-state index in [1.54, 1.807) is 0 Å². The zero-order valence-corrected chi connectivity index (χ0v) is 10.4. The van der Waals surface area contributed by atoms with Crippen molar-refractivity contribution < 1.29 is 22.7 Å². The topological polar surface area (TPSA) is 39.2 Å². The van der Waals surface area contributed by atoms with Gasteiger partial charge in [-0.05, 0) is 23.8 Å². The van der Waals surface area contributed by atoms with Gasteiger partial charge in [0.1, 0.15) is 5.69 Å². The lowest BCUT2D eigenvalue weighted by atomic mass is 10.00. The Kier molecular flexibility index (Phi) is 3.74. The molecule has 0 saturated carbocycles. The largest absolute Gasteiger partial charge is 0.481 e. The van der Waals surface area contributed by atoms with E-state index in [2.05, 4.69) is 4.98 Å². The van der Waals surface area contributed by atoms with Crippen molar-refractivity contribution in [3.05, 3.63) is 47.7 Å². The molecule has 20 heavy (non-hydrogen) atoms. The zero-order valence-electron chi connectivity index (χ0n) is 10.4. The van der Waals surface area contributed by atoms with Gasteiger partial charge < -0.3 is 4.74 Å². The molecule has 2 rings (SSSR count). The monoisotopic (exact) mass is 281 g/mol. The van der Waals surface area contributed by atoms with Crippen LogP contribution in [0, 0.1) is 0 Å². The van der Waals surface area contributed by atoms with E-state index in [1.165, 1.54) is 37.4 Å². The molecule has 104 valence electrons. The first-order valence-corrected chi connectivity index (χ1v) is 5.64. The molecule has 1 heterocycles. The fourth-order valence-corrected chi connectivity index (χ4v) is 1.85. The molecule has 3 nitrogen and oxygen atoms in total. The number of hydrogen-bond acceptors (Lipinski definition) is 3. The number of halogens is 3. The standard InChI is InChI=1S/C14H10F3NO2/c1-20-13-11(7-6-9(8-19)18-13)10-4-2-3-5-12(10)14(15,16)17/h2-8H,1H3. The van der Waals surface area contributed by atoms with Crippen molar-refractivity contribution in [2.45, 2.75) is 6.18 Å². The molecule has 0 saturated heterocycles. The van der Waals surface area contributed by atoms with Gasteiger partial charge in [0, 0.05) is 5.56 Å². The van der Waals surface area contributed by atoms with E-state index >= 15 is 0 Å². The minimum Gasteiger partial charge on any atom is -0.481 e. The van der Waals surface area contributed by atoms with E-state index in [9.17, 15) is 18.0 Å². The maximum atomic E-state index is 13.0. The molecule has 0 spiro atoms. The van der Waals surface area contributed by atoms with Crippen molar-refractivity contribution in [3.63, 3.8) is 0 Å². The molecule has 0 atom stereocenters. The van der Waals surface area contributed by atoms with Crippen LogP contribution in [0.2, 0.25) is 0 Å². The van der Waals surface area contributed by atoms with Gasteiger partial charge in [-0.2, -0.15) is 13.2 Å². The Labute approximate surface area is 113 Å². The molecular weight excluding hydrogens is 271 g/mol. The molecule has 1 aromatic carbocycles. The molecule has 0 N–H and O–H groups in total. The number of nitrogens with zero attached hydrogens (tertiary/aromatic N) is 1. The highest BCUT2D eigenvalue weighted by molar-refractivity contribution is 5.77. The van der Waals surface area contributed by atoms with E-state index in [0.717, 1.165) is 6.07 Å². The summed E-state index contributed by atoms with van der Waals surface area (Å²) in [7, 11) is 1.29. The Bertz CT molecular complexity index is 639. The van der Waals surface area contributed by atoms with Gasteiger partial charge in [-0.3, -0.25) is 4.79 Å². The molecular formula is C14H10F3NO2. The molecule has 2 aromatic rings. The number of carbonyl (C=O) groups is 1. The van der Waals surface area contributed by atoms with E-state index in [4.69, 9.17) is 4.74 Å². The van der Waals surface area contributed by atoms with E-state index < -0.39 is 11.7 Å². The molecule has 0 fully saturated rings. The average molecular weight is 281 g/mol. The Hall–Kier alpha value is -2.37. The maximum absolute atomic E-state index is 13.0. The van der Waals surface area contributed by atoms with Crippen molar-refractivity contribution in [1.29, 1.82) is 0 Å². The van der Waals surface area contributed by atoms with Crippen LogP contribution in [0.4, 0.5) is 13.2 Å². The predicted octanol–water partition coefficient (Wildman–Crippen LogP) is 3.59. The second kappa shape index (κ2) is 5.32. The zero-order chi connectivity index (χ0) is 14.8. The normalized spacial score (nSPS) is 11.2. The fourth-order valence-electron chi connectivity index (χ4n) is 1.85. The summed E-state index contributed by atoms with van der Waals surface area (Å²) in [5, 5.41) is 0. The smallest absolute Gasteiger partial charge is 0.417 e. The summed E-state index contributed by atoms with van der Waals surface area (Å²) in [6, 6.07) is 7.87. The third-order valence-corrected chi connectivity index (χ3v) is 2.72. The van der Waals surface area contributed by atoms with Crippen LogP contribution in [-0.4, -0.2) is 18.4 Å². The summed E-state index contributed by atoms with van der Waals surface area (Å²) in [6.07, 6.45) is -3.98. The Morgan fingerprint density at radius 2 is 1.80 bits per heavy atom. The maximum Gasteiger partial charge on any atom is 0.417 e. The lowest BCUT2D eigenvalue weighted by Gasteiger charge is -2.14. The van der Waals surface area contributed by atoms with Gasteiger partial charge in [-0.25, -0.2) is 4.98 Å². The molecule has 0 radical (unpaired) electrons. The van der Waals surface area contributed by atoms with Crippen LogP contribution in [0.1, 0.15) is 16.1 Å². The SMILES string of the molecule is COc1nc(C=O)ccc1-c1ccccc1C(F)(F)F. The third kappa shape index (κ3) is 2.64. The highest BCUT2D eigenvalue weighted by atomic mass is 19.4. The van der Waals surface area contributed by atoms with Crippen LogP contribution >= 0.6 is 0 Å². The van der Waals surface area contributed by atoms with Crippen molar-refractivity contribution >= 4 is 6.29 Å². The lowest BCUT2D eigenvalue weighted by Crippen LogP contribution is -2.07. The lowest BCUT2D eigenvalue weighted by molar-refractivity contribution is -0.137. The van der Waals surface area contributed by atoms with E-state index in [-0.39, 0.29) is 22.7 Å². The summed E-state index contributed by atoms with van der Waals surface area (Å²) in [5.74, 6) is -0.0219. The second-order valence-corrected chi connectivity index (χ2v) is 3.95. The van der Waals surface area contributed by atoms with Crippen molar-refractivity contribution in [2.24, 2.45) is 0 Å². The number of hydrogen-bond donors (Lipinski definition) is 0. The predicted molar refractivity (Wildman–Crippen MR) is 66.6 cm³/mol. The Morgan fingerprint density at radius 3 is 2.40 bits per heavy atom. The fraction of sp³-hybridized carbons (Fsp3) is 0.143. The average Bonchev–Trinajstić information content (AvgIpc) is 2.45. The summed E-state index contributed by atoms with van der Waals surface area (Å²) in [4.78, 5) is 14.5. The van der Waals surface area contributed by atoms with Crippen molar-refractivity contribution in [1.82, 2.24) is 4.98 Å². The molecule has 0 aliphatic rings. The molecule has 0 bridgehead atoms. The number of rotatable bonds is 3. The molecule has 0 amide bonds. The number of pyridine rings is 1.